The van der Waals surface area contributed by atoms with E-state index in [1.807, 2.05) is 59.4 Å². The lowest BCUT2D eigenvalue weighted by Crippen LogP contribution is -2.34. The van der Waals surface area contributed by atoms with E-state index >= 15 is 0 Å². The number of fused-ring (bicyclic) bond motifs is 1. The molecule has 7 nitrogen and oxygen atoms in total. The molecule has 0 saturated carbocycles. The second kappa shape index (κ2) is 7.82. The summed E-state index contributed by atoms with van der Waals surface area (Å²) in [5, 5.41) is 10.0. The third kappa shape index (κ3) is 4.20. The first-order chi connectivity index (χ1) is 13.3. The molecule has 0 saturated heterocycles. The molecule has 1 aromatic heterocycles. The van der Waals surface area contributed by atoms with Crippen LogP contribution in [-0.2, 0) is 19.6 Å². The van der Waals surface area contributed by atoms with Crippen LogP contribution in [0.25, 0.3) is 0 Å². The van der Waals surface area contributed by atoms with E-state index in [0.717, 1.165) is 22.4 Å². The van der Waals surface area contributed by atoms with Crippen molar-refractivity contribution in [2.24, 2.45) is 0 Å². The molecule has 0 unspecified atom stereocenters. The molecule has 2 amide bonds. The Bertz CT molecular complexity index is 925. The second-order valence-electron chi connectivity index (χ2n) is 6.20. The molecule has 0 aliphatic carbocycles. The smallest absolute Gasteiger partial charge is 0.315 e. The molecule has 0 atom stereocenters. The maximum absolute atomic E-state index is 12.2. The number of amides is 2. The molecule has 1 aliphatic rings. The highest BCUT2D eigenvalue weighted by molar-refractivity contribution is 5.73. The standard InChI is InChI=1S/C20H20N4O3/c25-20(21-11-15-6-7-18-19(10-15)27-14-26-18)22-12-16-4-1-2-5-17(16)13-24-9-3-8-23-24/h1-10H,11-14H2,(H2,21,22,25). The monoisotopic (exact) mass is 364 g/mol. The van der Waals surface area contributed by atoms with Crippen LogP contribution >= 0.6 is 0 Å². The molecule has 4 rings (SSSR count). The molecule has 0 bridgehead atoms. The van der Waals surface area contributed by atoms with Crippen LogP contribution in [0.2, 0.25) is 0 Å². The molecule has 7 heteroatoms. The normalized spacial score (nSPS) is 12.0. The average molecular weight is 364 g/mol. The Morgan fingerprint density at radius 3 is 2.67 bits per heavy atom. The Balaban J connectivity index is 1.30. The van der Waals surface area contributed by atoms with Crippen LogP contribution in [0.4, 0.5) is 4.79 Å². The zero-order chi connectivity index (χ0) is 18.5. The molecule has 0 fully saturated rings. The minimum Gasteiger partial charge on any atom is -0.454 e. The van der Waals surface area contributed by atoms with Crippen LogP contribution < -0.4 is 20.1 Å². The van der Waals surface area contributed by atoms with E-state index in [2.05, 4.69) is 15.7 Å². The molecule has 2 N–H and O–H groups in total. The number of nitrogens with zero attached hydrogens (tertiary/aromatic N) is 2. The van der Waals surface area contributed by atoms with Crippen LogP contribution in [0.15, 0.2) is 60.9 Å². The maximum atomic E-state index is 12.2. The van der Waals surface area contributed by atoms with E-state index in [-0.39, 0.29) is 12.8 Å². The van der Waals surface area contributed by atoms with Crippen molar-refractivity contribution in [3.8, 4) is 11.5 Å². The van der Waals surface area contributed by atoms with Gasteiger partial charge in [-0.25, -0.2) is 4.79 Å². The fraction of sp³-hybridized carbons (Fsp3) is 0.200. The molecular formula is C20H20N4O3. The van der Waals surface area contributed by atoms with Gasteiger partial charge >= 0.3 is 6.03 Å². The van der Waals surface area contributed by atoms with E-state index < -0.39 is 0 Å². The highest BCUT2D eigenvalue weighted by Crippen LogP contribution is 2.32. The van der Waals surface area contributed by atoms with Gasteiger partial charge in [0, 0.05) is 25.5 Å². The van der Waals surface area contributed by atoms with Gasteiger partial charge in [-0.2, -0.15) is 5.10 Å². The first kappa shape index (κ1) is 17.0. The fourth-order valence-electron chi connectivity index (χ4n) is 2.92. The van der Waals surface area contributed by atoms with E-state index in [4.69, 9.17) is 9.47 Å². The lowest BCUT2D eigenvalue weighted by molar-refractivity contribution is 0.174. The van der Waals surface area contributed by atoms with Gasteiger partial charge in [0.1, 0.15) is 0 Å². The van der Waals surface area contributed by atoms with E-state index in [1.165, 1.54) is 0 Å². The first-order valence-corrected chi connectivity index (χ1v) is 8.72. The summed E-state index contributed by atoms with van der Waals surface area (Å²) in [5.74, 6) is 1.44. The number of hydrogen-bond donors (Lipinski definition) is 2. The highest BCUT2D eigenvalue weighted by Gasteiger charge is 2.13. The van der Waals surface area contributed by atoms with E-state index in [9.17, 15) is 4.79 Å². The van der Waals surface area contributed by atoms with Crippen molar-refractivity contribution in [1.29, 1.82) is 0 Å². The van der Waals surface area contributed by atoms with Crippen molar-refractivity contribution in [3.63, 3.8) is 0 Å². The van der Waals surface area contributed by atoms with Crippen molar-refractivity contribution in [2.75, 3.05) is 6.79 Å². The van der Waals surface area contributed by atoms with Crippen LogP contribution in [0, 0.1) is 0 Å². The predicted octanol–water partition coefficient (Wildman–Crippen LogP) is 2.66. The number of urea groups is 1. The SMILES string of the molecule is O=C(NCc1ccc2c(c1)OCO2)NCc1ccccc1Cn1cccn1. The molecule has 2 aromatic carbocycles. The zero-order valence-corrected chi connectivity index (χ0v) is 14.7. The van der Waals surface area contributed by atoms with Crippen LogP contribution in [0.3, 0.4) is 0 Å². The summed E-state index contributed by atoms with van der Waals surface area (Å²) >= 11 is 0. The van der Waals surface area contributed by atoms with Crippen molar-refractivity contribution < 1.29 is 14.3 Å². The van der Waals surface area contributed by atoms with Gasteiger partial charge < -0.3 is 20.1 Å². The average Bonchev–Trinajstić information content (AvgIpc) is 3.37. The minimum absolute atomic E-state index is 0.221. The summed E-state index contributed by atoms with van der Waals surface area (Å²) in [5.41, 5.74) is 3.14. The molecule has 3 aromatic rings. The van der Waals surface area contributed by atoms with E-state index in [0.29, 0.717) is 25.4 Å². The Hall–Kier alpha value is -3.48. The molecule has 138 valence electrons. The van der Waals surface area contributed by atoms with Gasteiger partial charge in [-0.05, 0) is 34.9 Å². The molecule has 2 heterocycles. The number of benzene rings is 2. The van der Waals surface area contributed by atoms with Gasteiger partial charge in [0.15, 0.2) is 11.5 Å². The third-order valence-electron chi connectivity index (χ3n) is 4.34. The first-order valence-electron chi connectivity index (χ1n) is 8.72. The van der Waals surface area contributed by atoms with Crippen molar-refractivity contribution in [3.05, 3.63) is 77.6 Å². The van der Waals surface area contributed by atoms with Crippen LogP contribution in [0.5, 0.6) is 11.5 Å². The molecule has 0 radical (unpaired) electrons. The van der Waals surface area contributed by atoms with Crippen LogP contribution in [-0.4, -0.2) is 22.6 Å². The van der Waals surface area contributed by atoms with Gasteiger partial charge in [0.2, 0.25) is 6.79 Å². The lowest BCUT2D eigenvalue weighted by Gasteiger charge is -2.12. The zero-order valence-electron chi connectivity index (χ0n) is 14.7. The summed E-state index contributed by atoms with van der Waals surface area (Å²) in [6.45, 7) is 1.77. The molecular weight excluding hydrogens is 344 g/mol. The van der Waals surface area contributed by atoms with Crippen LogP contribution in [0.1, 0.15) is 16.7 Å². The van der Waals surface area contributed by atoms with Gasteiger partial charge in [0.05, 0.1) is 6.54 Å². The Morgan fingerprint density at radius 2 is 1.81 bits per heavy atom. The lowest BCUT2D eigenvalue weighted by atomic mass is 10.1. The number of aromatic nitrogens is 2. The van der Waals surface area contributed by atoms with Gasteiger partial charge in [-0.1, -0.05) is 30.3 Å². The van der Waals surface area contributed by atoms with Crippen molar-refractivity contribution in [1.82, 2.24) is 20.4 Å². The third-order valence-corrected chi connectivity index (χ3v) is 4.34. The minimum atomic E-state index is -0.221. The van der Waals surface area contributed by atoms with Crippen molar-refractivity contribution >= 4 is 6.03 Å². The number of carbonyl (C=O) groups is 1. The predicted molar refractivity (Wildman–Crippen MR) is 99.4 cm³/mol. The Morgan fingerprint density at radius 1 is 1.00 bits per heavy atom. The summed E-state index contributed by atoms with van der Waals surface area (Å²) < 4.78 is 12.5. The van der Waals surface area contributed by atoms with Gasteiger partial charge in [-0.15, -0.1) is 0 Å². The largest absolute Gasteiger partial charge is 0.454 e. The quantitative estimate of drug-likeness (QED) is 0.705. The fourth-order valence-corrected chi connectivity index (χ4v) is 2.92. The Kier molecular flexibility index (Phi) is 4.91. The Labute approximate surface area is 156 Å². The van der Waals surface area contributed by atoms with Gasteiger partial charge in [0.25, 0.3) is 0 Å². The topological polar surface area (TPSA) is 77.4 Å². The number of carbonyl (C=O) groups excluding carboxylic acids is 1. The summed E-state index contributed by atoms with van der Waals surface area (Å²) in [6, 6.07) is 15.3. The number of rotatable bonds is 6. The second-order valence-corrected chi connectivity index (χ2v) is 6.20. The summed E-state index contributed by atoms with van der Waals surface area (Å²) in [6.07, 6.45) is 3.67. The van der Waals surface area contributed by atoms with E-state index in [1.54, 1.807) is 6.20 Å². The van der Waals surface area contributed by atoms with Gasteiger partial charge in [-0.3, -0.25) is 4.68 Å². The molecule has 27 heavy (non-hydrogen) atoms. The number of ether oxygens (including phenoxy) is 2. The maximum Gasteiger partial charge on any atom is 0.315 e. The summed E-state index contributed by atoms with van der Waals surface area (Å²) in [7, 11) is 0. The van der Waals surface area contributed by atoms with Crippen molar-refractivity contribution in [2.45, 2.75) is 19.6 Å². The number of nitrogens with one attached hydrogen (secondary N) is 2. The molecule has 1 aliphatic heterocycles. The highest BCUT2D eigenvalue weighted by atomic mass is 16.7. The molecule has 0 spiro atoms. The summed E-state index contributed by atoms with van der Waals surface area (Å²) in [4.78, 5) is 12.2. The number of hydrogen-bond acceptors (Lipinski definition) is 4.